The molecule has 0 spiro atoms. The molecule has 0 aliphatic rings. The second-order valence-electron chi connectivity index (χ2n) is 6.42. The first-order chi connectivity index (χ1) is 14.1. The third-order valence-corrected chi connectivity index (χ3v) is 4.58. The Hall–Kier alpha value is -2.89. The molecule has 3 rings (SSSR count). The van der Waals surface area contributed by atoms with Crippen LogP contribution in [0.5, 0.6) is 5.75 Å². The minimum Gasteiger partial charge on any atom is -0.493 e. The Morgan fingerprint density at radius 1 is 0.931 bits per heavy atom. The lowest BCUT2D eigenvalue weighted by Gasteiger charge is -2.12. The molecule has 1 amide bonds. The Morgan fingerprint density at radius 3 is 2.45 bits per heavy atom. The number of amides is 1. The van der Waals surface area contributed by atoms with Gasteiger partial charge in [-0.2, -0.15) is 0 Å². The molecule has 3 aromatic carbocycles. The maximum Gasteiger partial charge on any atom is 0.230 e. The Morgan fingerprint density at radius 2 is 1.69 bits per heavy atom. The molecule has 0 aliphatic carbocycles. The molecule has 3 aromatic rings. The van der Waals surface area contributed by atoms with Crippen LogP contribution in [0.15, 0.2) is 78.9 Å². The van der Waals surface area contributed by atoms with Crippen molar-refractivity contribution in [2.45, 2.75) is 12.8 Å². The van der Waals surface area contributed by atoms with Gasteiger partial charge >= 0.3 is 0 Å². The average molecular weight is 425 g/mol. The van der Waals surface area contributed by atoms with E-state index in [9.17, 15) is 4.79 Å². The van der Waals surface area contributed by atoms with Crippen LogP contribution >= 0.6 is 23.8 Å². The van der Waals surface area contributed by atoms with Gasteiger partial charge in [0.05, 0.1) is 13.0 Å². The number of hydrogen-bond acceptors (Lipinski definition) is 3. The fourth-order valence-electron chi connectivity index (χ4n) is 2.72. The van der Waals surface area contributed by atoms with Gasteiger partial charge in [0, 0.05) is 23.2 Å². The van der Waals surface area contributed by atoms with Gasteiger partial charge in [-0.15, -0.1) is 0 Å². The maximum atomic E-state index is 12.1. The summed E-state index contributed by atoms with van der Waals surface area (Å²) in [6.45, 7) is 0.579. The van der Waals surface area contributed by atoms with E-state index in [1.54, 1.807) is 12.1 Å². The molecule has 2 N–H and O–H groups in total. The number of carbonyl (C=O) groups is 1. The van der Waals surface area contributed by atoms with Crippen molar-refractivity contribution < 1.29 is 9.53 Å². The zero-order valence-electron chi connectivity index (χ0n) is 15.7. The van der Waals surface area contributed by atoms with E-state index < -0.39 is 0 Å². The lowest BCUT2D eigenvalue weighted by molar-refractivity contribution is -0.119. The van der Waals surface area contributed by atoms with Crippen LogP contribution < -0.4 is 15.4 Å². The summed E-state index contributed by atoms with van der Waals surface area (Å²) in [5, 5.41) is 6.58. The molecule has 148 valence electrons. The molecular formula is C23H21ClN2O2S. The molecule has 0 fully saturated rings. The van der Waals surface area contributed by atoms with Crippen LogP contribution in [0.4, 0.5) is 5.69 Å². The van der Waals surface area contributed by atoms with E-state index in [1.807, 2.05) is 54.6 Å². The van der Waals surface area contributed by atoms with Gasteiger partial charge in [0.2, 0.25) is 5.91 Å². The minimum atomic E-state index is -0.194. The number of ether oxygens (including phenoxy) is 1. The first kappa shape index (κ1) is 20.8. The summed E-state index contributed by atoms with van der Waals surface area (Å²) >= 11 is 11.1. The van der Waals surface area contributed by atoms with Crippen LogP contribution in [0, 0.1) is 0 Å². The molecule has 0 saturated carbocycles. The second-order valence-corrected chi connectivity index (χ2v) is 7.26. The Labute approximate surface area is 180 Å². The largest absolute Gasteiger partial charge is 0.493 e. The highest BCUT2D eigenvalue weighted by molar-refractivity contribution is 7.80. The fourth-order valence-corrected chi connectivity index (χ4v) is 3.07. The van der Waals surface area contributed by atoms with Gasteiger partial charge in [0.25, 0.3) is 0 Å². The summed E-state index contributed by atoms with van der Waals surface area (Å²) in [6.07, 6.45) is 1.05. The zero-order chi connectivity index (χ0) is 20.5. The van der Waals surface area contributed by atoms with E-state index in [0.29, 0.717) is 11.6 Å². The monoisotopic (exact) mass is 424 g/mol. The number of carbonyl (C=O) groups excluding carboxylic acids is 1. The van der Waals surface area contributed by atoms with Gasteiger partial charge in [-0.3, -0.25) is 4.79 Å². The van der Waals surface area contributed by atoms with Crippen molar-refractivity contribution in [2.75, 3.05) is 11.9 Å². The van der Waals surface area contributed by atoms with Gasteiger partial charge < -0.3 is 15.4 Å². The molecule has 0 saturated heterocycles. The van der Waals surface area contributed by atoms with E-state index in [0.717, 1.165) is 23.4 Å². The number of halogens is 1. The molecule has 0 aliphatic heterocycles. The summed E-state index contributed by atoms with van der Waals surface area (Å²) in [4.78, 5) is 12.1. The number of thiocarbonyl (C=S) groups is 1. The second kappa shape index (κ2) is 10.6. The SMILES string of the molecule is O=C(Cc1ccc(Cl)cc1)NC(=S)Nc1cccc(OCCc2ccccc2)c1. The molecule has 0 atom stereocenters. The van der Waals surface area contributed by atoms with Gasteiger partial charge in [-0.1, -0.05) is 60.1 Å². The number of benzene rings is 3. The summed E-state index contributed by atoms with van der Waals surface area (Å²) in [7, 11) is 0. The van der Waals surface area contributed by atoms with E-state index in [-0.39, 0.29) is 17.4 Å². The van der Waals surface area contributed by atoms with Crippen molar-refractivity contribution in [3.8, 4) is 5.75 Å². The predicted molar refractivity (Wildman–Crippen MR) is 122 cm³/mol. The molecule has 6 heteroatoms. The van der Waals surface area contributed by atoms with Crippen molar-refractivity contribution in [3.63, 3.8) is 0 Å². The number of hydrogen-bond donors (Lipinski definition) is 2. The van der Waals surface area contributed by atoms with Gasteiger partial charge in [0.1, 0.15) is 5.75 Å². The third-order valence-electron chi connectivity index (χ3n) is 4.13. The minimum absolute atomic E-state index is 0.194. The molecule has 0 aromatic heterocycles. The standard InChI is InChI=1S/C23H21ClN2O2S/c24-19-11-9-18(10-12-19)15-22(27)26-23(29)25-20-7-4-8-21(16-20)28-14-13-17-5-2-1-3-6-17/h1-12,16H,13-15H2,(H2,25,26,27,29). The Balaban J connectivity index is 1.46. The van der Waals surface area contributed by atoms with Crippen molar-refractivity contribution in [2.24, 2.45) is 0 Å². The molecule has 0 unspecified atom stereocenters. The number of nitrogens with one attached hydrogen (secondary N) is 2. The van der Waals surface area contributed by atoms with E-state index in [2.05, 4.69) is 22.8 Å². The molecular weight excluding hydrogens is 404 g/mol. The Bertz CT molecular complexity index is 962. The van der Waals surface area contributed by atoms with E-state index in [1.165, 1.54) is 5.56 Å². The topological polar surface area (TPSA) is 50.4 Å². The van der Waals surface area contributed by atoms with E-state index in [4.69, 9.17) is 28.6 Å². The lowest BCUT2D eigenvalue weighted by atomic mass is 10.1. The van der Waals surface area contributed by atoms with Crippen LogP contribution in [0.2, 0.25) is 5.02 Å². The zero-order valence-corrected chi connectivity index (χ0v) is 17.3. The van der Waals surface area contributed by atoms with Crippen LogP contribution in [0.1, 0.15) is 11.1 Å². The Kier molecular flexibility index (Phi) is 7.61. The van der Waals surface area contributed by atoms with Crippen molar-refractivity contribution >= 4 is 40.5 Å². The molecule has 29 heavy (non-hydrogen) atoms. The summed E-state index contributed by atoms with van der Waals surface area (Å²) in [5.41, 5.74) is 2.84. The van der Waals surface area contributed by atoms with Crippen LogP contribution in [-0.2, 0) is 17.6 Å². The first-order valence-electron chi connectivity index (χ1n) is 9.20. The molecule has 0 heterocycles. The van der Waals surface area contributed by atoms with Crippen LogP contribution in [-0.4, -0.2) is 17.6 Å². The lowest BCUT2D eigenvalue weighted by Crippen LogP contribution is -2.35. The van der Waals surface area contributed by atoms with Crippen molar-refractivity contribution in [1.82, 2.24) is 5.32 Å². The molecule has 0 bridgehead atoms. The van der Waals surface area contributed by atoms with Crippen molar-refractivity contribution in [3.05, 3.63) is 95.0 Å². The smallest absolute Gasteiger partial charge is 0.230 e. The first-order valence-corrected chi connectivity index (χ1v) is 9.99. The van der Waals surface area contributed by atoms with Crippen LogP contribution in [0.25, 0.3) is 0 Å². The number of anilines is 1. The third kappa shape index (κ3) is 7.22. The predicted octanol–water partition coefficient (Wildman–Crippen LogP) is 5.02. The molecule has 0 radical (unpaired) electrons. The molecule has 4 nitrogen and oxygen atoms in total. The van der Waals surface area contributed by atoms with Gasteiger partial charge in [-0.25, -0.2) is 0 Å². The maximum absolute atomic E-state index is 12.1. The summed E-state index contributed by atoms with van der Waals surface area (Å²) < 4.78 is 5.82. The fraction of sp³-hybridized carbons (Fsp3) is 0.130. The van der Waals surface area contributed by atoms with Crippen LogP contribution in [0.3, 0.4) is 0 Å². The quantitative estimate of drug-likeness (QED) is 0.523. The van der Waals surface area contributed by atoms with E-state index >= 15 is 0 Å². The number of rotatable bonds is 7. The highest BCUT2D eigenvalue weighted by Crippen LogP contribution is 2.18. The van der Waals surface area contributed by atoms with Gasteiger partial charge in [-0.05, 0) is 47.6 Å². The average Bonchev–Trinajstić information content (AvgIpc) is 2.71. The van der Waals surface area contributed by atoms with Crippen molar-refractivity contribution in [1.29, 1.82) is 0 Å². The van der Waals surface area contributed by atoms with Gasteiger partial charge in [0.15, 0.2) is 5.11 Å². The summed E-state index contributed by atoms with van der Waals surface area (Å²) in [6, 6.07) is 24.8. The highest BCUT2D eigenvalue weighted by Gasteiger charge is 2.07. The normalized spacial score (nSPS) is 10.2. The highest BCUT2D eigenvalue weighted by atomic mass is 35.5. The summed E-state index contributed by atoms with van der Waals surface area (Å²) in [5.74, 6) is 0.543.